The maximum Gasteiger partial charge on any atom is 0.154 e. The lowest BCUT2D eigenvalue weighted by molar-refractivity contribution is 0.213. The first kappa shape index (κ1) is 14.4. The highest BCUT2D eigenvalue weighted by Gasteiger charge is 2.20. The number of aliphatic hydroxyl groups excluding tert-OH is 1. The molecule has 0 bridgehead atoms. The van der Waals surface area contributed by atoms with Gasteiger partial charge in [-0.1, -0.05) is 29.3 Å². The van der Waals surface area contributed by atoms with Gasteiger partial charge >= 0.3 is 0 Å². The normalized spacial score (nSPS) is 12.8. The Hall–Kier alpha value is -2.21. The summed E-state index contributed by atoms with van der Waals surface area (Å²) in [7, 11) is 0. The van der Waals surface area contributed by atoms with E-state index in [0.29, 0.717) is 27.1 Å². The number of hydrogen-bond donors (Lipinski definition) is 1. The second kappa shape index (κ2) is 5.45. The van der Waals surface area contributed by atoms with Crippen molar-refractivity contribution in [1.29, 1.82) is 0 Å². The van der Waals surface area contributed by atoms with Crippen molar-refractivity contribution >= 4 is 39.8 Å². The molecule has 1 atom stereocenters. The summed E-state index contributed by atoms with van der Waals surface area (Å²) >= 11 is 12.4. The van der Waals surface area contributed by atoms with Crippen molar-refractivity contribution in [3.05, 3.63) is 70.2 Å². The summed E-state index contributed by atoms with van der Waals surface area (Å²) in [4.78, 5) is 8.48. The number of imidazole rings is 1. The Balaban J connectivity index is 1.89. The Bertz CT molecular complexity index is 1030. The van der Waals surface area contributed by atoms with Gasteiger partial charge in [0.25, 0.3) is 0 Å². The van der Waals surface area contributed by atoms with Crippen molar-refractivity contribution < 1.29 is 5.11 Å². The van der Waals surface area contributed by atoms with Crippen LogP contribution in [-0.4, -0.2) is 24.7 Å². The first-order valence-electron chi connectivity index (χ1n) is 6.86. The molecule has 3 heterocycles. The van der Waals surface area contributed by atoms with Crippen LogP contribution in [0.4, 0.5) is 0 Å². The average molecular weight is 345 g/mol. The van der Waals surface area contributed by atoms with E-state index in [1.54, 1.807) is 36.7 Å². The molecule has 1 unspecified atom stereocenters. The molecule has 3 aromatic heterocycles. The third-order valence-electron chi connectivity index (χ3n) is 3.68. The van der Waals surface area contributed by atoms with Crippen molar-refractivity contribution in [2.45, 2.75) is 6.10 Å². The summed E-state index contributed by atoms with van der Waals surface area (Å²) in [6.45, 7) is 0. The minimum absolute atomic E-state index is 0.317. The van der Waals surface area contributed by atoms with Crippen LogP contribution in [-0.2, 0) is 0 Å². The number of pyridine rings is 1. The molecule has 4 rings (SSSR count). The highest BCUT2D eigenvalue weighted by molar-refractivity contribution is 6.36. The smallest absolute Gasteiger partial charge is 0.154 e. The van der Waals surface area contributed by atoms with E-state index in [4.69, 9.17) is 23.2 Å². The van der Waals surface area contributed by atoms with Crippen molar-refractivity contribution in [1.82, 2.24) is 19.6 Å². The van der Waals surface area contributed by atoms with Gasteiger partial charge in [0.2, 0.25) is 0 Å². The van der Waals surface area contributed by atoms with Gasteiger partial charge in [0.1, 0.15) is 11.3 Å². The molecular formula is C16H10Cl2N4O. The number of halogens is 2. The lowest BCUT2D eigenvalue weighted by Crippen LogP contribution is -2.06. The van der Waals surface area contributed by atoms with Gasteiger partial charge in [0, 0.05) is 17.1 Å². The topological polar surface area (TPSA) is 63.3 Å². The molecule has 7 heteroatoms. The van der Waals surface area contributed by atoms with Gasteiger partial charge in [-0.25, -0.2) is 9.50 Å². The quantitative estimate of drug-likeness (QED) is 0.602. The number of benzene rings is 1. The third-order valence-corrected chi connectivity index (χ3v) is 4.30. The Morgan fingerprint density at radius 1 is 1.04 bits per heavy atom. The predicted octanol–water partition coefficient (Wildman–Crippen LogP) is 3.67. The van der Waals surface area contributed by atoms with Crippen LogP contribution in [0.1, 0.15) is 17.4 Å². The molecule has 1 N–H and O–H groups in total. The number of fused-ring (bicyclic) bond motifs is 2. The van der Waals surface area contributed by atoms with Crippen LogP contribution in [0.25, 0.3) is 16.6 Å². The molecule has 4 aromatic rings. The van der Waals surface area contributed by atoms with Crippen LogP contribution in [0.3, 0.4) is 0 Å². The number of nitrogens with zero attached hydrogens (tertiary/aromatic N) is 4. The molecule has 5 nitrogen and oxygen atoms in total. The molecule has 0 fully saturated rings. The van der Waals surface area contributed by atoms with E-state index < -0.39 is 6.10 Å². The lowest BCUT2D eigenvalue weighted by Gasteiger charge is -2.13. The zero-order chi connectivity index (χ0) is 16.0. The summed E-state index contributed by atoms with van der Waals surface area (Å²) in [6, 6.07) is 10.6. The van der Waals surface area contributed by atoms with Crippen LogP contribution >= 0.6 is 23.2 Å². The fraction of sp³-hybridized carbons (Fsp3) is 0.0625. The zero-order valence-corrected chi connectivity index (χ0v) is 13.2. The van der Waals surface area contributed by atoms with Gasteiger partial charge in [-0.05, 0) is 30.3 Å². The van der Waals surface area contributed by atoms with Crippen LogP contribution in [0, 0.1) is 0 Å². The highest BCUT2D eigenvalue weighted by atomic mass is 35.5. The SMILES string of the molecule is OC(c1ccc2ncccc2c1Cl)c1cnc2ccc(Cl)nn12. The van der Waals surface area contributed by atoms with Crippen LogP contribution in [0.2, 0.25) is 10.2 Å². The largest absolute Gasteiger partial charge is 0.382 e. The van der Waals surface area contributed by atoms with E-state index in [0.717, 1.165) is 10.9 Å². The summed E-state index contributed by atoms with van der Waals surface area (Å²) < 4.78 is 1.51. The van der Waals surface area contributed by atoms with Crippen LogP contribution in [0.15, 0.2) is 48.8 Å². The zero-order valence-electron chi connectivity index (χ0n) is 11.7. The highest BCUT2D eigenvalue weighted by Crippen LogP contribution is 2.33. The van der Waals surface area contributed by atoms with E-state index in [1.165, 1.54) is 4.52 Å². The number of rotatable bonds is 2. The minimum Gasteiger partial charge on any atom is -0.382 e. The molecule has 0 spiro atoms. The van der Waals surface area contributed by atoms with E-state index >= 15 is 0 Å². The Morgan fingerprint density at radius 2 is 1.91 bits per heavy atom. The van der Waals surface area contributed by atoms with E-state index in [1.807, 2.05) is 12.1 Å². The molecule has 0 saturated heterocycles. The maximum atomic E-state index is 10.8. The summed E-state index contributed by atoms with van der Waals surface area (Å²) in [5, 5.41) is 16.5. The lowest BCUT2D eigenvalue weighted by atomic mass is 10.0. The van der Waals surface area contributed by atoms with E-state index in [2.05, 4.69) is 15.1 Å². The standard InChI is InChI=1S/C16H10Cl2N4O/c17-13-5-6-14-20-8-12(22(14)21-13)16(23)10-3-4-11-9(15(10)18)2-1-7-19-11/h1-8,16,23H. The summed E-state index contributed by atoms with van der Waals surface area (Å²) in [5.41, 5.74) is 2.43. The fourth-order valence-corrected chi connectivity index (χ4v) is 3.02. The molecular weight excluding hydrogens is 335 g/mol. The van der Waals surface area contributed by atoms with E-state index in [9.17, 15) is 5.11 Å². The van der Waals surface area contributed by atoms with Crippen molar-refractivity contribution in [2.75, 3.05) is 0 Å². The Kier molecular flexibility index (Phi) is 3.41. The second-order valence-electron chi connectivity index (χ2n) is 5.05. The monoisotopic (exact) mass is 344 g/mol. The van der Waals surface area contributed by atoms with Crippen LogP contribution < -0.4 is 0 Å². The van der Waals surface area contributed by atoms with Crippen molar-refractivity contribution in [2.24, 2.45) is 0 Å². The van der Waals surface area contributed by atoms with Gasteiger partial charge in [0.05, 0.1) is 22.4 Å². The molecule has 0 aliphatic heterocycles. The summed E-state index contributed by atoms with van der Waals surface area (Å²) in [6.07, 6.45) is 2.28. The molecule has 0 aliphatic carbocycles. The number of aromatic nitrogens is 4. The molecule has 0 aliphatic rings. The van der Waals surface area contributed by atoms with E-state index in [-0.39, 0.29) is 0 Å². The fourth-order valence-electron chi connectivity index (χ4n) is 2.56. The maximum absolute atomic E-state index is 10.8. The van der Waals surface area contributed by atoms with Gasteiger partial charge in [-0.15, -0.1) is 0 Å². The predicted molar refractivity (Wildman–Crippen MR) is 88.8 cm³/mol. The third kappa shape index (κ3) is 2.34. The van der Waals surface area contributed by atoms with Crippen molar-refractivity contribution in [3.8, 4) is 0 Å². The summed E-state index contributed by atoms with van der Waals surface area (Å²) in [5.74, 6) is 0. The van der Waals surface area contributed by atoms with Gasteiger partial charge in [-0.2, -0.15) is 5.10 Å². The first-order valence-corrected chi connectivity index (χ1v) is 7.62. The molecule has 0 radical (unpaired) electrons. The molecule has 0 amide bonds. The Morgan fingerprint density at radius 3 is 2.78 bits per heavy atom. The molecule has 1 aromatic carbocycles. The van der Waals surface area contributed by atoms with Gasteiger partial charge in [-0.3, -0.25) is 4.98 Å². The molecule has 114 valence electrons. The van der Waals surface area contributed by atoms with Crippen LogP contribution in [0.5, 0.6) is 0 Å². The minimum atomic E-state index is -0.979. The van der Waals surface area contributed by atoms with Gasteiger partial charge < -0.3 is 5.11 Å². The number of hydrogen-bond acceptors (Lipinski definition) is 4. The van der Waals surface area contributed by atoms with Gasteiger partial charge in [0.15, 0.2) is 5.65 Å². The molecule has 0 saturated carbocycles. The average Bonchev–Trinajstić information content (AvgIpc) is 2.98. The van der Waals surface area contributed by atoms with Crippen molar-refractivity contribution in [3.63, 3.8) is 0 Å². The first-order chi connectivity index (χ1) is 11.1. The Labute approximate surface area is 141 Å². The molecule has 23 heavy (non-hydrogen) atoms. The number of aliphatic hydroxyl groups is 1. The second-order valence-corrected chi connectivity index (χ2v) is 5.82.